The molecule has 0 atom stereocenters. The molecule has 0 radical (unpaired) electrons. The first-order valence-electron chi connectivity index (χ1n) is 15.3. The summed E-state index contributed by atoms with van der Waals surface area (Å²) < 4.78 is 0. The second-order valence-corrected chi connectivity index (χ2v) is 11.9. The van der Waals surface area contributed by atoms with E-state index < -0.39 is 18.2 Å². The molecule has 0 aromatic rings. The second kappa shape index (κ2) is 15.5. The fourth-order valence-corrected chi connectivity index (χ4v) is 6.93. The first kappa shape index (κ1) is 30.4. The molecule has 4 aliphatic rings. The standard InChI is InChI=1S/C29H48N4O4.CH4/c34-26(32(24-17-9-3-10-18-24)28(36)30-22-13-5-1-6-14-22)21-27(35)33(25-19-11-4-12-20-25)29(37)31-23-15-7-2-8-16-23;/h22-25H,1-21H2,(H,30,36)(H,31,37);1H4. The summed E-state index contributed by atoms with van der Waals surface area (Å²) in [5, 5.41) is 6.20. The molecule has 8 nitrogen and oxygen atoms in total. The maximum atomic E-state index is 13.6. The lowest BCUT2D eigenvalue weighted by molar-refractivity contribution is -0.139. The van der Waals surface area contributed by atoms with Crippen LogP contribution in [0.1, 0.15) is 142 Å². The highest BCUT2D eigenvalue weighted by Crippen LogP contribution is 2.27. The molecular weight excluding hydrogens is 480 g/mol. The molecule has 0 spiro atoms. The van der Waals surface area contributed by atoms with Crippen molar-refractivity contribution in [3.05, 3.63) is 0 Å². The normalized spacial score (nSPS) is 22.1. The molecule has 0 heterocycles. The van der Waals surface area contributed by atoms with Gasteiger partial charge < -0.3 is 10.6 Å². The Morgan fingerprint density at radius 2 is 0.763 bits per heavy atom. The first-order chi connectivity index (χ1) is 18.0. The number of rotatable bonds is 6. The number of nitrogens with one attached hydrogen (secondary N) is 2. The topological polar surface area (TPSA) is 98.8 Å². The van der Waals surface area contributed by atoms with Crippen molar-refractivity contribution in [1.29, 1.82) is 0 Å². The third kappa shape index (κ3) is 8.44. The third-order valence-electron chi connectivity index (χ3n) is 9.02. The van der Waals surface area contributed by atoms with E-state index in [0.29, 0.717) is 0 Å². The SMILES string of the molecule is C.O=C(CC(=O)N(C(=O)NC1CCCCC1)C1CCCCC1)N(C(=O)NC1CCCCC1)C1CCCCC1. The maximum Gasteiger partial charge on any atom is 0.324 e. The van der Waals surface area contributed by atoms with E-state index in [1.807, 2.05) is 0 Å². The van der Waals surface area contributed by atoms with Gasteiger partial charge in [0.2, 0.25) is 11.8 Å². The predicted octanol–water partition coefficient (Wildman–Crippen LogP) is 6.42. The fraction of sp³-hybridized carbons (Fsp3) is 0.867. The molecule has 4 rings (SSSR count). The van der Waals surface area contributed by atoms with Crippen molar-refractivity contribution in [1.82, 2.24) is 20.4 Å². The molecule has 0 aliphatic heterocycles. The molecule has 8 heteroatoms. The molecule has 4 saturated carbocycles. The number of carbonyl (C=O) groups excluding carboxylic acids is 4. The Balaban J connectivity index is 0.00000400. The predicted molar refractivity (Wildman–Crippen MR) is 150 cm³/mol. The minimum absolute atomic E-state index is 0. The summed E-state index contributed by atoms with van der Waals surface area (Å²) in [6.45, 7) is 0. The van der Waals surface area contributed by atoms with Crippen molar-refractivity contribution in [2.24, 2.45) is 0 Å². The highest BCUT2D eigenvalue weighted by molar-refractivity contribution is 6.07. The van der Waals surface area contributed by atoms with Crippen molar-refractivity contribution in [3.63, 3.8) is 0 Å². The van der Waals surface area contributed by atoms with Crippen LogP contribution in [0.2, 0.25) is 0 Å². The molecule has 4 fully saturated rings. The summed E-state index contributed by atoms with van der Waals surface area (Å²) in [5.74, 6) is -0.923. The van der Waals surface area contributed by atoms with Gasteiger partial charge in [-0.2, -0.15) is 0 Å². The van der Waals surface area contributed by atoms with Crippen LogP contribution in [-0.4, -0.2) is 57.8 Å². The van der Waals surface area contributed by atoms with E-state index in [9.17, 15) is 19.2 Å². The maximum absolute atomic E-state index is 13.6. The van der Waals surface area contributed by atoms with Gasteiger partial charge in [0.1, 0.15) is 6.42 Å². The van der Waals surface area contributed by atoms with Crippen molar-refractivity contribution in [2.45, 2.75) is 166 Å². The zero-order valence-electron chi connectivity index (χ0n) is 22.7. The minimum Gasteiger partial charge on any atom is -0.335 e. The second-order valence-electron chi connectivity index (χ2n) is 11.9. The highest BCUT2D eigenvalue weighted by Gasteiger charge is 2.37. The van der Waals surface area contributed by atoms with Crippen LogP contribution in [0.5, 0.6) is 0 Å². The first-order valence-corrected chi connectivity index (χ1v) is 15.3. The largest absolute Gasteiger partial charge is 0.335 e. The Kier molecular flexibility index (Phi) is 12.4. The van der Waals surface area contributed by atoms with E-state index in [4.69, 9.17) is 0 Å². The molecular formula is C30H52N4O4. The Labute approximate surface area is 230 Å². The van der Waals surface area contributed by atoms with E-state index in [2.05, 4.69) is 10.6 Å². The van der Waals surface area contributed by atoms with Gasteiger partial charge in [-0.3, -0.25) is 19.4 Å². The zero-order chi connectivity index (χ0) is 26.0. The van der Waals surface area contributed by atoms with Crippen LogP contribution in [0.3, 0.4) is 0 Å². The number of urea groups is 2. The molecule has 216 valence electrons. The summed E-state index contributed by atoms with van der Waals surface area (Å²) in [6.07, 6.45) is 19.4. The molecule has 0 bridgehead atoms. The Hall–Kier alpha value is -2.12. The number of imide groups is 2. The summed E-state index contributed by atoms with van der Waals surface area (Å²) in [6, 6.07) is -0.861. The van der Waals surface area contributed by atoms with Gasteiger partial charge in [0.25, 0.3) is 0 Å². The number of amides is 6. The van der Waals surface area contributed by atoms with Gasteiger partial charge in [-0.15, -0.1) is 0 Å². The van der Waals surface area contributed by atoms with Crippen molar-refractivity contribution in [3.8, 4) is 0 Å². The molecule has 0 aromatic carbocycles. The van der Waals surface area contributed by atoms with E-state index in [-0.39, 0.29) is 43.7 Å². The van der Waals surface area contributed by atoms with Crippen molar-refractivity contribution in [2.75, 3.05) is 0 Å². The van der Waals surface area contributed by atoms with Crippen LogP contribution < -0.4 is 10.6 Å². The summed E-state index contributed by atoms with van der Waals surface area (Å²) >= 11 is 0. The van der Waals surface area contributed by atoms with Gasteiger partial charge in [-0.05, 0) is 51.4 Å². The van der Waals surface area contributed by atoms with Gasteiger partial charge >= 0.3 is 12.1 Å². The number of nitrogens with zero attached hydrogens (tertiary/aromatic N) is 2. The van der Waals surface area contributed by atoms with E-state index in [1.165, 1.54) is 22.6 Å². The van der Waals surface area contributed by atoms with Crippen molar-refractivity contribution >= 4 is 23.9 Å². The lowest BCUT2D eigenvalue weighted by atomic mass is 9.93. The average Bonchev–Trinajstić information content (AvgIpc) is 2.91. The number of hydrogen-bond acceptors (Lipinski definition) is 4. The molecule has 38 heavy (non-hydrogen) atoms. The lowest BCUT2D eigenvalue weighted by Crippen LogP contribution is -2.56. The van der Waals surface area contributed by atoms with Gasteiger partial charge in [-0.25, -0.2) is 9.59 Å². The fourth-order valence-electron chi connectivity index (χ4n) is 6.93. The monoisotopic (exact) mass is 532 g/mol. The molecule has 6 amide bonds. The van der Waals surface area contributed by atoms with E-state index in [0.717, 1.165) is 116 Å². The Morgan fingerprint density at radius 1 is 0.474 bits per heavy atom. The molecule has 0 unspecified atom stereocenters. The summed E-state index contributed by atoms with van der Waals surface area (Å²) in [5.41, 5.74) is 0. The zero-order valence-corrected chi connectivity index (χ0v) is 22.7. The van der Waals surface area contributed by atoms with Crippen LogP contribution in [0.15, 0.2) is 0 Å². The van der Waals surface area contributed by atoms with Gasteiger partial charge in [0.05, 0.1) is 0 Å². The summed E-state index contributed by atoms with van der Waals surface area (Å²) in [7, 11) is 0. The minimum atomic E-state index is -0.462. The quantitative estimate of drug-likeness (QED) is 0.386. The van der Waals surface area contributed by atoms with Crippen LogP contribution in [0, 0.1) is 0 Å². The smallest absolute Gasteiger partial charge is 0.324 e. The van der Waals surface area contributed by atoms with Crippen molar-refractivity contribution < 1.29 is 19.2 Å². The van der Waals surface area contributed by atoms with E-state index >= 15 is 0 Å². The molecule has 0 saturated heterocycles. The van der Waals surface area contributed by atoms with Crippen LogP contribution in [0.25, 0.3) is 0 Å². The third-order valence-corrected chi connectivity index (χ3v) is 9.02. The number of hydrogen-bond donors (Lipinski definition) is 2. The van der Waals surface area contributed by atoms with Gasteiger partial charge in [0.15, 0.2) is 0 Å². The highest BCUT2D eigenvalue weighted by atomic mass is 16.2. The van der Waals surface area contributed by atoms with Crippen LogP contribution >= 0.6 is 0 Å². The van der Waals surface area contributed by atoms with Crippen LogP contribution in [-0.2, 0) is 9.59 Å². The Bertz CT molecular complexity index is 715. The van der Waals surface area contributed by atoms with Gasteiger partial charge in [-0.1, -0.05) is 84.5 Å². The Morgan fingerprint density at radius 3 is 1.08 bits per heavy atom. The van der Waals surface area contributed by atoms with E-state index in [1.54, 1.807) is 0 Å². The molecule has 4 aliphatic carbocycles. The van der Waals surface area contributed by atoms with Gasteiger partial charge in [0, 0.05) is 24.2 Å². The molecule has 0 aromatic heterocycles. The molecule has 2 N–H and O–H groups in total. The van der Waals surface area contributed by atoms with Crippen LogP contribution in [0.4, 0.5) is 9.59 Å². The summed E-state index contributed by atoms with van der Waals surface area (Å²) in [4.78, 5) is 56.7. The number of carbonyl (C=O) groups is 4. The average molecular weight is 533 g/mol. The lowest BCUT2D eigenvalue weighted by Gasteiger charge is -2.36.